The van der Waals surface area contributed by atoms with Crippen LogP contribution in [0.4, 0.5) is 0 Å². The molecular formula is C16H22ClNO2S. The van der Waals surface area contributed by atoms with Crippen molar-refractivity contribution in [3.8, 4) is 0 Å². The number of aliphatic hydroxyl groups is 1. The van der Waals surface area contributed by atoms with E-state index in [0.29, 0.717) is 24.1 Å². The van der Waals surface area contributed by atoms with Crippen LogP contribution in [-0.4, -0.2) is 29.9 Å². The van der Waals surface area contributed by atoms with Gasteiger partial charge in [0.25, 0.3) is 0 Å². The smallest absolute Gasteiger partial charge is 0.230 e. The Labute approximate surface area is 135 Å². The van der Waals surface area contributed by atoms with E-state index in [2.05, 4.69) is 5.32 Å². The molecule has 1 aromatic carbocycles. The highest BCUT2D eigenvalue weighted by Crippen LogP contribution is 2.30. The van der Waals surface area contributed by atoms with Gasteiger partial charge in [0.2, 0.25) is 5.91 Å². The average molecular weight is 328 g/mol. The Morgan fingerprint density at radius 1 is 1.38 bits per heavy atom. The maximum Gasteiger partial charge on any atom is 0.230 e. The lowest BCUT2D eigenvalue weighted by atomic mass is 9.97. The lowest BCUT2D eigenvalue weighted by Crippen LogP contribution is -2.32. The van der Waals surface area contributed by atoms with Crippen LogP contribution in [0, 0.1) is 11.8 Å². The second kappa shape index (κ2) is 8.66. The lowest BCUT2D eigenvalue weighted by molar-refractivity contribution is -0.118. The average Bonchev–Trinajstić information content (AvgIpc) is 2.92. The molecule has 2 N–H and O–H groups in total. The second-order valence-electron chi connectivity index (χ2n) is 5.56. The largest absolute Gasteiger partial charge is 0.396 e. The summed E-state index contributed by atoms with van der Waals surface area (Å²) in [7, 11) is 0. The molecule has 2 unspecified atom stereocenters. The van der Waals surface area contributed by atoms with Crippen molar-refractivity contribution < 1.29 is 9.90 Å². The van der Waals surface area contributed by atoms with Gasteiger partial charge in [-0.15, -0.1) is 11.8 Å². The minimum atomic E-state index is 0.0746. The Morgan fingerprint density at radius 2 is 2.19 bits per heavy atom. The van der Waals surface area contributed by atoms with E-state index in [1.165, 1.54) is 0 Å². The number of amides is 1. The third-order valence-electron chi connectivity index (χ3n) is 4.00. The number of aliphatic hydroxyl groups excluding tert-OH is 1. The first-order valence-electron chi connectivity index (χ1n) is 7.39. The standard InChI is InChI=1S/C16H22ClNO2S/c17-15-6-1-3-12(7-15)10-21-11-16(20)18-8-13-4-2-5-14(13)9-19/h1,3,6-7,13-14,19H,2,4-5,8-11H2,(H,18,20). The molecule has 0 aromatic heterocycles. The lowest BCUT2D eigenvalue weighted by Gasteiger charge is -2.17. The van der Waals surface area contributed by atoms with Crippen molar-refractivity contribution in [3.63, 3.8) is 0 Å². The molecule has 3 nitrogen and oxygen atoms in total. The predicted molar refractivity (Wildman–Crippen MR) is 88.5 cm³/mol. The molecule has 1 aromatic rings. The Hall–Kier alpha value is -0.710. The molecule has 1 fully saturated rings. The minimum absolute atomic E-state index is 0.0746. The predicted octanol–water partition coefficient (Wildman–Crippen LogP) is 3.10. The van der Waals surface area contributed by atoms with Crippen LogP contribution in [-0.2, 0) is 10.5 Å². The van der Waals surface area contributed by atoms with Crippen molar-refractivity contribution in [2.45, 2.75) is 25.0 Å². The topological polar surface area (TPSA) is 49.3 Å². The van der Waals surface area contributed by atoms with Gasteiger partial charge in [-0.05, 0) is 42.4 Å². The summed E-state index contributed by atoms with van der Waals surface area (Å²) < 4.78 is 0. The zero-order valence-corrected chi connectivity index (χ0v) is 13.6. The van der Waals surface area contributed by atoms with Crippen LogP contribution in [0.25, 0.3) is 0 Å². The van der Waals surface area contributed by atoms with Gasteiger partial charge in [0.1, 0.15) is 0 Å². The van der Waals surface area contributed by atoms with Gasteiger partial charge in [-0.2, -0.15) is 0 Å². The molecule has 5 heteroatoms. The molecule has 1 saturated carbocycles. The van der Waals surface area contributed by atoms with Gasteiger partial charge in [-0.1, -0.05) is 30.2 Å². The first kappa shape index (κ1) is 16.7. The zero-order valence-electron chi connectivity index (χ0n) is 12.1. The third kappa shape index (κ3) is 5.53. The third-order valence-corrected chi connectivity index (χ3v) is 5.24. The van der Waals surface area contributed by atoms with E-state index in [-0.39, 0.29) is 12.5 Å². The number of rotatable bonds is 7. The van der Waals surface area contributed by atoms with Crippen LogP contribution in [0.2, 0.25) is 5.02 Å². The van der Waals surface area contributed by atoms with Gasteiger partial charge >= 0.3 is 0 Å². The quantitative estimate of drug-likeness (QED) is 0.809. The van der Waals surface area contributed by atoms with E-state index in [1.807, 2.05) is 24.3 Å². The fraction of sp³-hybridized carbons (Fsp3) is 0.562. The summed E-state index contributed by atoms with van der Waals surface area (Å²) in [5, 5.41) is 13.0. The Kier molecular flexibility index (Phi) is 6.87. The molecule has 2 rings (SSSR count). The van der Waals surface area contributed by atoms with E-state index < -0.39 is 0 Å². The highest BCUT2D eigenvalue weighted by molar-refractivity contribution is 7.99. The minimum Gasteiger partial charge on any atom is -0.396 e. The normalized spacial score (nSPS) is 21.4. The van der Waals surface area contributed by atoms with Crippen molar-refractivity contribution in [1.29, 1.82) is 0 Å². The molecule has 0 spiro atoms. The fourth-order valence-corrected chi connectivity index (χ4v) is 3.82. The van der Waals surface area contributed by atoms with Crippen molar-refractivity contribution in [2.75, 3.05) is 18.9 Å². The maximum absolute atomic E-state index is 11.8. The molecular weight excluding hydrogens is 306 g/mol. The monoisotopic (exact) mass is 327 g/mol. The van der Waals surface area contributed by atoms with E-state index >= 15 is 0 Å². The van der Waals surface area contributed by atoms with Crippen molar-refractivity contribution in [1.82, 2.24) is 5.32 Å². The summed E-state index contributed by atoms with van der Waals surface area (Å²) in [6.07, 6.45) is 3.36. The zero-order chi connectivity index (χ0) is 15.1. The van der Waals surface area contributed by atoms with Crippen LogP contribution < -0.4 is 5.32 Å². The van der Waals surface area contributed by atoms with Gasteiger partial charge in [0.05, 0.1) is 5.75 Å². The fourth-order valence-electron chi connectivity index (χ4n) is 2.81. The summed E-state index contributed by atoms with van der Waals surface area (Å²) in [6.45, 7) is 0.936. The SMILES string of the molecule is O=C(CSCc1cccc(Cl)c1)NCC1CCCC1CO. The van der Waals surface area contributed by atoms with Gasteiger partial charge in [-0.3, -0.25) is 4.79 Å². The summed E-state index contributed by atoms with van der Waals surface area (Å²) in [5.74, 6) is 2.13. The van der Waals surface area contributed by atoms with Gasteiger partial charge in [-0.25, -0.2) is 0 Å². The van der Waals surface area contributed by atoms with Crippen LogP contribution in [0.3, 0.4) is 0 Å². The Morgan fingerprint density at radius 3 is 2.95 bits per heavy atom. The number of carbonyl (C=O) groups is 1. The number of hydrogen-bond acceptors (Lipinski definition) is 3. The molecule has 0 saturated heterocycles. The molecule has 2 atom stereocenters. The molecule has 1 amide bonds. The first-order valence-corrected chi connectivity index (χ1v) is 8.92. The van der Waals surface area contributed by atoms with Gasteiger partial charge in [0.15, 0.2) is 0 Å². The highest BCUT2D eigenvalue weighted by atomic mass is 35.5. The number of nitrogens with one attached hydrogen (secondary N) is 1. The molecule has 0 aliphatic heterocycles. The van der Waals surface area contributed by atoms with Crippen LogP contribution in [0.15, 0.2) is 24.3 Å². The van der Waals surface area contributed by atoms with E-state index in [9.17, 15) is 9.90 Å². The van der Waals surface area contributed by atoms with Crippen molar-refractivity contribution >= 4 is 29.3 Å². The summed E-state index contributed by atoms with van der Waals surface area (Å²) >= 11 is 7.52. The number of benzene rings is 1. The molecule has 1 aliphatic carbocycles. The molecule has 0 bridgehead atoms. The summed E-state index contributed by atoms with van der Waals surface area (Å²) in [4.78, 5) is 11.8. The summed E-state index contributed by atoms with van der Waals surface area (Å²) in [6, 6.07) is 7.72. The molecule has 1 aliphatic rings. The number of hydrogen-bond donors (Lipinski definition) is 2. The summed E-state index contributed by atoms with van der Waals surface area (Å²) in [5.41, 5.74) is 1.14. The van der Waals surface area contributed by atoms with Gasteiger partial charge in [0, 0.05) is 23.9 Å². The molecule has 0 heterocycles. The first-order chi connectivity index (χ1) is 10.2. The van der Waals surface area contributed by atoms with Crippen LogP contribution in [0.5, 0.6) is 0 Å². The van der Waals surface area contributed by atoms with E-state index in [4.69, 9.17) is 11.6 Å². The maximum atomic E-state index is 11.8. The van der Waals surface area contributed by atoms with Crippen LogP contribution in [0.1, 0.15) is 24.8 Å². The number of thioether (sulfide) groups is 1. The number of carbonyl (C=O) groups excluding carboxylic acids is 1. The van der Waals surface area contributed by atoms with Crippen molar-refractivity contribution in [2.24, 2.45) is 11.8 Å². The highest BCUT2D eigenvalue weighted by Gasteiger charge is 2.26. The Bertz CT molecular complexity index is 469. The second-order valence-corrected chi connectivity index (χ2v) is 6.98. The number of halogens is 1. The molecule has 116 valence electrons. The van der Waals surface area contributed by atoms with E-state index in [1.54, 1.807) is 11.8 Å². The van der Waals surface area contributed by atoms with Crippen molar-refractivity contribution in [3.05, 3.63) is 34.9 Å². The van der Waals surface area contributed by atoms with E-state index in [0.717, 1.165) is 35.6 Å². The molecule has 21 heavy (non-hydrogen) atoms. The van der Waals surface area contributed by atoms with Gasteiger partial charge < -0.3 is 10.4 Å². The molecule has 0 radical (unpaired) electrons. The Balaban J connectivity index is 1.63. The van der Waals surface area contributed by atoms with Crippen LogP contribution >= 0.6 is 23.4 Å².